The minimum Gasteiger partial charge on any atom is -0.383 e. The van der Waals surface area contributed by atoms with E-state index in [0.29, 0.717) is 42.6 Å². The predicted octanol–water partition coefficient (Wildman–Crippen LogP) is 8.40. The molecule has 6 rings (SSSR count). The maximum absolute atomic E-state index is 14.8. The fourth-order valence-corrected chi connectivity index (χ4v) is 7.11. The lowest BCUT2D eigenvalue weighted by atomic mass is 10.00. The van der Waals surface area contributed by atoms with Gasteiger partial charge in [0.25, 0.3) is 0 Å². The number of piperidine rings is 1. The molecule has 0 unspecified atom stereocenters. The Balaban J connectivity index is 1.39. The number of hydrogen-bond acceptors (Lipinski definition) is 5. The molecule has 4 aromatic carbocycles. The Bertz CT molecular complexity index is 2430. The molecule has 1 aliphatic rings. The Morgan fingerprint density at radius 1 is 1.00 bits per heavy atom. The molecule has 1 saturated heterocycles. The molecule has 5 aromatic rings. The van der Waals surface area contributed by atoms with Crippen LogP contribution >= 0.6 is 11.8 Å². The van der Waals surface area contributed by atoms with Crippen molar-refractivity contribution in [1.29, 1.82) is 0 Å². The van der Waals surface area contributed by atoms with E-state index >= 15 is 0 Å². The van der Waals surface area contributed by atoms with E-state index < -0.39 is 89.5 Å². The molecule has 2 heterocycles. The Kier molecular flexibility index (Phi) is 9.16. The number of carbonyl (C=O) groups is 1. The fourth-order valence-electron chi connectivity index (χ4n) is 6.12. The SMILES string of the molecule is [2H]c1c([2H])c([2H])c2c(c1[2H])c(=O)c([2H])c(SCc1cccc(F)c1F)n2CC(=O)N(Cc1ccc(-c2ccc(C(F)(F)F)cc2)cc1)C1CCN(CC([2H])([2H])OC)CC1. The number of pyridine rings is 1. The van der Waals surface area contributed by atoms with E-state index in [9.17, 15) is 31.5 Å². The van der Waals surface area contributed by atoms with E-state index in [1.54, 1.807) is 29.2 Å². The number of hydrogen-bond donors (Lipinski definition) is 0. The minimum absolute atomic E-state index is 0.0104. The second kappa shape index (κ2) is 16.4. The highest BCUT2D eigenvalue weighted by Crippen LogP contribution is 2.32. The van der Waals surface area contributed by atoms with Gasteiger partial charge in [0.1, 0.15) is 6.54 Å². The Hall–Kier alpha value is -4.52. The van der Waals surface area contributed by atoms with Gasteiger partial charge in [0, 0.05) is 62.1 Å². The first-order valence-corrected chi connectivity index (χ1v) is 17.3. The van der Waals surface area contributed by atoms with Gasteiger partial charge in [0.2, 0.25) is 5.91 Å². The lowest BCUT2D eigenvalue weighted by molar-refractivity contribution is -0.137. The summed E-state index contributed by atoms with van der Waals surface area (Å²) in [5.74, 6) is -3.15. The lowest BCUT2D eigenvalue weighted by Crippen LogP contribution is -2.48. The normalized spacial score (nSPS) is 16.4. The molecule has 0 N–H and O–H groups in total. The molecule has 0 aliphatic carbocycles. The fraction of sp³-hybridized carbons (Fsp3) is 0.300. The summed E-state index contributed by atoms with van der Waals surface area (Å²) in [6.07, 6.45) is -3.71. The van der Waals surface area contributed by atoms with Gasteiger partial charge in [-0.2, -0.15) is 13.2 Å². The van der Waals surface area contributed by atoms with Crippen LogP contribution in [0.3, 0.4) is 0 Å². The third kappa shape index (κ3) is 8.74. The number of benzene rings is 4. The van der Waals surface area contributed by atoms with Crippen LogP contribution in [0.5, 0.6) is 0 Å². The summed E-state index contributed by atoms with van der Waals surface area (Å²) >= 11 is 0.735. The van der Waals surface area contributed by atoms with E-state index in [2.05, 4.69) is 0 Å². The Morgan fingerprint density at radius 3 is 2.35 bits per heavy atom. The summed E-state index contributed by atoms with van der Waals surface area (Å²) in [7, 11) is 1.26. The summed E-state index contributed by atoms with van der Waals surface area (Å²) in [6.45, 7) is -1.79. The summed E-state index contributed by atoms with van der Waals surface area (Å²) in [5, 5.41) is -0.719. The van der Waals surface area contributed by atoms with Crippen molar-refractivity contribution in [3.05, 3.63) is 135 Å². The van der Waals surface area contributed by atoms with Crippen molar-refractivity contribution in [3.63, 3.8) is 0 Å². The lowest BCUT2D eigenvalue weighted by Gasteiger charge is -2.39. The molecule has 0 atom stereocenters. The minimum atomic E-state index is -4.49. The van der Waals surface area contributed by atoms with Gasteiger partial charge in [-0.3, -0.25) is 9.59 Å². The summed E-state index contributed by atoms with van der Waals surface area (Å²) in [5.41, 5.74) is -0.491. The van der Waals surface area contributed by atoms with E-state index in [1.807, 2.05) is 4.90 Å². The van der Waals surface area contributed by atoms with E-state index in [0.717, 1.165) is 34.5 Å². The van der Waals surface area contributed by atoms with Crippen molar-refractivity contribution in [2.24, 2.45) is 0 Å². The van der Waals surface area contributed by atoms with E-state index in [-0.39, 0.29) is 34.9 Å². The number of likely N-dealkylation sites (tertiary alicyclic amines) is 1. The second-order valence-electron chi connectivity index (χ2n) is 12.2. The number of nitrogens with zero attached hydrogens (tertiary/aromatic N) is 3. The molecule has 272 valence electrons. The third-order valence-electron chi connectivity index (χ3n) is 8.92. The van der Waals surface area contributed by atoms with Gasteiger partial charge < -0.3 is 19.1 Å². The second-order valence-corrected chi connectivity index (χ2v) is 13.2. The van der Waals surface area contributed by atoms with Gasteiger partial charge in [-0.15, -0.1) is 11.8 Å². The van der Waals surface area contributed by atoms with Crippen molar-refractivity contribution in [3.8, 4) is 11.1 Å². The van der Waals surface area contributed by atoms with Crippen LogP contribution in [-0.4, -0.2) is 59.6 Å². The largest absolute Gasteiger partial charge is 0.416 e. The number of aromatic nitrogens is 1. The van der Waals surface area contributed by atoms with Crippen molar-refractivity contribution in [2.75, 3.05) is 33.3 Å². The van der Waals surface area contributed by atoms with E-state index in [4.69, 9.17) is 14.3 Å². The molecule has 12 heteroatoms. The van der Waals surface area contributed by atoms with Gasteiger partial charge >= 0.3 is 6.18 Å². The van der Waals surface area contributed by atoms with Crippen LogP contribution in [0.4, 0.5) is 22.0 Å². The maximum atomic E-state index is 14.8. The molecular weight excluding hydrogens is 698 g/mol. The number of rotatable bonds is 12. The van der Waals surface area contributed by atoms with Crippen LogP contribution in [0.2, 0.25) is 0 Å². The monoisotopic (exact) mass is 742 g/mol. The highest BCUT2D eigenvalue weighted by atomic mass is 32.2. The molecule has 0 radical (unpaired) electrons. The number of alkyl halides is 3. The first-order chi connectivity index (χ1) is 27.8. The first-order valence-electron chi connectivity index (χ1n) is 19.8. The quantitative estimate of drug-likeness (QED) is 0.0950. The standard InChI is InChI=1S/C40H38F5N3O3S/c1-51-22-21-46-19-17-32(18-20-46)47(24-27-9-11-28(12-10-27)29-13-15-31(16-14-29)40(43,44)45)37(50)25-48-35-8-3-2-6-33(35)36(49)23-38(48)52-26-30-5-4-7-34(41)39(30)42/h2-16,23,32H,17-22,24-26H2,1H3/i2D,3D,6D,8D,22D2,23D. The number of carbonyl (C=O) groups excluding carboxylic acids is 1. The van der Waals surface area contributed by atoms with Crippen LogP contribution in [0.25, 0.3) is 22.0 Å². The topological polar surface area (TPSA) is 54.8 Å². The molecule has 1 aliphatic heterocycles. The van der Waals surface area contributed by atoms with Crippen molar-refractivity contribution in [1.82, 2.24) is 14.4 Å². The molecular formula is C40H38F5N3O3S. The van der Waals surface area contributed by atoms with Gasteiger partial charge in [-0.25, -0.2) is 8.78 Å². The average molecular weight is 743 g/mol. The maximum Gasteiger partial charge on any atom is 0.416 e. The number of halogens is 5. The first kappa shape index (κ1) is 29.0. The molecule has 1 amide bonds. The highest BCUT2D eigenvalue weighted by Gasteiger charge is 2.31. The van der Waals surface area contributed by atoms with Gasteiger partial charge in [0.15, 0.2) is 17.1 Å². The smallest absolute Gasteiger partial charge is 0.383 e. The zero-order chi connectivity index (χ0) is 43.0. The van der Waals surface area contributed by atoms with Crippen molar-refractivity contribution < 1.29 is 41.1 Å². The molecule has 52 heavy (non-hydrogen) atoms. The molecule has 0 bridgehead atoms. The highest BCUT2D eigenvalue weighted by molar-refractivity contribution is 7.98. The Morgan fingerprint density at radius 2 is 1.67 bits per heavy atom. The van der Waals surface area contributed by atoms with Gasteiger partial charge in [-0.05, 0) is 59.8 Å². The number of methoxy groups -OCH3 is 1. The molecule has 1 aromatic heterocycles. The van der Waals surface area contributed by atoms with Crippen LogP contribution in [0.15, 0.2) is 107 Å². The van der Waals surface area contributed by atoms with Gasteiger partial charge in [0.05, 0.1) is 32.3 Å². The molecule has 6 nitrogen and oxygen atoms in total. The predicted molar refractivity (Wildman–Crippen MR) is 193 cm³/mol. The number of amides is 1. The molecule has 1 fully saturated rings. The van der Waals surface area contributed by atoms with Crippen LogP contribution in [0, 0.1) is 11.6 Å². The summed E-state index contributed by atoms with van der Waals surface area (Å²) < 4.78 is 133. The van der Waals surface area contributed by atoms with Crippen LogP contribution in [-0.2, 0) is 34.6 Å². The summed E-state index contributed by atoms with van der Waals surface area (Å²) in [6, 6.07) is 11.1. The summed E-state index contributed by atoms with van der Waals surface area (Å²) in [4.78, 5) is 31.8. The van der Waals surface area contributed by atoms with Gasteiger partial charge in [-0.1, -0.05) is 60.6 Å². The zero-order valence-corrected chi connectivity index (χ0v) is 28.8. The molecule has 0 saturated carbocycles. The van der Waals surface area contributed by atoms with Crippen LogP contribution < -0.4 is 5.43 Å². The number of para-hydroxylation sites is 1. The van der Waals surface area contributed by atoms with E-state index in [1.165, 1.54) is 31.4 Å². The third-order valence-corrected chi connectivity index (χ3v) is 9.97. The Labute approximate surface area is 312 Å². The van der Waals surface area contributed by atoms with Crippen molar-refractivity contribution in [2.45, 2.75) is 48.9 Å². The number of ether oxygens (including phenoxy) is 1. The number of thioether (sulfide) groups is 1. The zero-order valence-electron chi connectivity index (χ0n) is 34.9. The number of fused-ring (bicyclic) bond motifs is 1. The molecule has 0 spiro atoms. The van der Waals surface area contributed by atoms with Crippen molar-refractivity contribution >= 4 is 28.6 Å². The van der Waals surface area contributed by atoms with Crippen LogP contribution in [0.1, 0.15) is 39.1 Å². The average Bonchev–Trinajstić information content (AvgIpc) is 3.21.